The van der Waals surface area contributed by atoms with Crippen molar-refractivity contribution < 1.29 is 23.9 Å². The topological polar surface area (TPSA) is 153 Å². The van der Waals surface area contributed by atoms with E-state index in [1.54, 1.807) is 25.1 Å². The molecular weight excluding hydrogens is 445 g/mol. The highest BCUT2D eigenvalue weighted by atomic mass is 31.2. The Hall–Kier alpha value is -3.72. The first-order valence-electron chi connectivity index (χ1n) is 10.1. The van der Waals surface area contributed by atoms with E-state index in [-0.39, 0.29) is 17.5 Å². The van der Waals surface area contributed by atoms with Crippen molar-refractivity contribution in [3.05, 3.63) is 78.0 Å². The van der Waals surface area contributed by atoms with E-state index in [0.717, 1.165) is 5.69 Å². The van der Waals surface area contributed by atoms with Gasteiger partial charge in [-0.3, -0.25) is 14.7 Å². The van der Waals surface area contributed by atoms with Gasteiger partial charge in [0.15, 0.2) is 0 Å². The van der Waals surface area contributed by atoms with Crippen LogP contribution in [0, 0.1) is 0 Å². The first-order chi connectivity index (χ1) is 15.7. The molecular formula is C22H24N5O5P. The Bertz CT molecular complexity index is 1170. The number of rotatable bonds is 8. The molecule has 0 saturated carbocycles. The molecule has 33 heavy (non-hydrogen) atoms. The van der Waals surface area contributed by atoms with Crippen LogP contribution in [0.15, 0.2) is 66.9 Å². The SMILES string of the molecule is CCNC(=O)Nc1cc(Nc2ccccc2)c(C(=O)Nc2ccc(CP(=O)(O)O)cc2)cn1. The summed E-state index contributed by atoms with van der Waals surface area (Å²) >= 11 is 0. The van der Waals surface area contributed by atoms with Gasteiger partial charge in [0.25, 0.3) is 5.91 Å². The number of hydrogen-bond donors (Lipinski definition) is 6. The molecule has 0 aliphatic heterocycles. The number of aromatic nitrogens is 1. The molecule has 1 aromatic heterocycles. The van der Waals surface area contributed by atoms with E-state index in [1.165, 1.54) is 18.3 Å². The van der Waals surface area contributed by atoms with Crippen LogP contribution >= 0.6 is 7.60 Å². The summed E-state index contributed by atoms with van der Waals surface area (Å²) in [5.41, 5.74) is 2.31. The number of urea groups is 1. The maximum atomic E-state index is 13.0. The molecule has 172 valence electrons. The zero-order chi connectivity index (χ0) is 23.8. The van der Waals surface area contributed by atoms with Gasteiger partial charge in [0.05, 0.1) is 17.4 Å². The third-order valence-electron chi connectivity index (χ3n) is 4.38. The average Bonchev–Trinajstić information content (AvgIpc) is 2.75. The molecule has 0 saturated heterocycles. The Morgan fingerprint density at radius 1 is 0.970 bits per heavy atom. The average molecular weight is 469 g/mol. The smallest absolute Gasteiger partial charge is 0.329 e. The molecule has 2 aromatic carbocycles. The van der Waals surface area contributed by atoms with Crippen LogP contribution in [0.5, 0.6) is 0 Å². The zero-order valence-electron chi connectivity index (χ0n) is 17.8. The minimum absolute atomic E-state index is 0.236. The Balaban J connectivity index is 1.82. The second kappa shape index (κ2) is 10.7. The van der Waals surface area contributed by atoms with E-state index in [0.29, 0.717) is 23.5 Å². The van der Waals surface area contributed by atoms with Crippen molar-refractivity contribution in [1.29, 1.82) is 0 Å². The highest BCUT2D eigenvalue weighted by molar-refractivity contribution is 7.50. The van der Waals surface area contributed by atoms with Crippen LogP contribution in [0.25, 0.3) is 0 Å². The van der Waals surface area contributed by atoms with Gasteiger partial charge in [-0.2, -0.15) is 0 Å². The number of carbonyl (C=O) groups is 2. The van der Waals surface area contributed by atoms with E-state index in [2.05, 4.69) is 26.3 Å². The second-order valence-corrected chi connectivity index (χ2v) is 8.71. The van der Waals surface area contributed by atoms with Crippen molar-refractivity contribution in [2.45, 2.75) is 13.1 Å². The summed E-state index contributed by atoms with van der Waals surface area (Å²) in [6.07, 6.45) is 0.973. The highest BCUT2D eigenvalue weighted by Gasteiger charge is 2.16. The fourth-order valence-electron chi connectivity index (χ4n) is 2.94. The van der Waals surface area contributed by atoms with Crippen molar-refractivity contribution in [2.24, 2.45) is 0 Å². The first-order valence-corrected chi connectivity index (χ1v) is 11.8. The lowest BCUT2D eigenvalue weighted by molar-refractivity contribution is 0.102. The lowest BCUT2D eigenvalue weighted by Crippen LogP contribution is -2.28. The lowest BCUT2D eigenvalue weighted by atomic mass is 10.1. The molecule has 10 nitrogen and oxygen atoms in total. The third kappa shape index (κ3) is 7.43. The molecule has 0 bridgehead atoms. The standard InChI is InChI=1S/C22H24N5O5P/c1-2-23-22(29)27-20-12-19(25-16-6-4-3-5-7-16)18(13-24-20)21(28)26-17-10-8-15(9-11-17)14-33(30,31)32/h3-13H,2,14H2,1H3,(H,26,28)(H2,30,31,32)(H3,23,24,25,27,29). The molecule has 0 aliphatic carbocycles. The van der Waals surface area contributed by atoms with Gasteiger partial charge < -0.3 is 25.7 Å². The van der Waals surface area contributed by atoms with E-state index < -0.39 is 19.5 Å². The lowest BCUT2D eigenvalue weighted by Gasteiger charge is -2.14. The quantitative estimate of drug-likeness (QED) is 0.274. The van der Waals surface area contributed by atoms with E-state index in [9.17, 15) is 14.2 Å². The number of para-hydroxylation sites is 1. The number of benzene rings is 2. The maximum absolute atomic E-state index is 13.0. The number of amides is 3. The molecule has 11 heteroatoms. The maximum Gasteiger partial charge on any atom is 0.329 e. The van der Waals surface area contributed by atoms with Crippen LogP contribution in [0.1, 0.15) is 22.8 Å². The first kappa shape index (κ1) is 23.9. The molecule has 6 N–H and O–H groups in total. The molecule has 0 spiro atoms. The van der Waals surface area contributed by atoms with Gasteiger partial charge in [-0.05, 0) is 36.8 Å². The fourth-order valence-corrected chi connectivity index (χ4v) is 3.62. The van der Waals surface area contributed by atoms with Crippen molar-refractivity contribution in [3.8, 4) is 0 Å². The normalized spacial score (nSPS) is 10.9. The van der Waals surface area contributed by atoms with Crippen LogP contribution in [0.3, 0.4) is 0 Å². The van der Waals surface area contributed by atoms with E-state index in [1.807, 2.05) is 30.3 Å². The van der Waals surface area contributed by atoms with Gasteiger partial charge in [-0.25, -0.2) is 9.78 Å². The molecule has 0 aliphatic rings. The molecule has 3 amide bonds. The fraction of sp³-hybridized carbons (Fsp3) is 0.136. The van der Waals surface area contributed by atoms with Gasteiger partial charge in [-0.15, -0.1) is 0 Å². The van der Waals surface area contributed by atoms with Crippen molar-refractivity contribution in [2.75, 3.05) is 22.5 Å². The Morgan fingerprint density at radius 3 is 2.30 bits per heavy atom. The summed E-state index contributed by atoms with van der Waals surface area (Å²) in [5, 5.41) is 11.1. The van der Waals surface area contributed by atoms with Gasteiger partial charge >= 0.3 is 13.6 Å². The van der Waals surface area contributed by atoms with Crippen LogP contribution in [0.4, 0.5) is 27.7 Å². The second-order valence-electron chi connectivity index (χ2n) is 7.06. The molecule has 0 fully saturated rings. The van der Waals surface area contributed by atoms with Crippen molar-refractivity contribution in [1.82, 2.24) is 10.3 Å². The number of hydrogen-bond acceptors (Lipinski definition) is 5. The monoisotopic (exact) mass is 469 g/mol. The number of carbonyl (C=O) groups excluding carboxylic acids is 2. The predicted molar refractivity (Wildman–Crippen MR) is 127 cm³/mol. The zero-order valence-corrected chi connectivity index (χ0v) is 18.7. The number of nitrogens with one attached hydrogen (secondary N) is 4. The summed E-state index contributed by atoms with van der Waals surface area (Å²) in [4.78, 5) is 47.1. The van der Waals surface area contributed by atoms with Gasteiger partial charge in [0.2, 0.25) is 0 Å². The highest BCUT2D eigenvalue weighted by Crippen LogP contribution is 2.39. The van der Waals surface area contributed by atoms with Crippen molar-refractivity contribution in [3.63, 3.8) is 0 Å². The summed E-state index contributed by atoms with van der Waals surface area (Å²) in [6.45, 7) is 2.25. The molecule has 3 aromatic rings. The number of pyridine rings is 1. The Kier molecular flexibility index (Phi) is 7.78. The molecule has 0 radical (unpaired) electrons. The summed E-state index contributed by atoms with van der Waals surface area (Å²) in [7, 11) is -4.18. The predicted octanol–water partition coefficient (Wildman–Crippen LogP) is 3.90. The largest absolute Gasteiger partial charge is 0.355 e. The molecule has 1 heterocycles. The van der Waals surface area contributed by atoms with Crippen LogP contribution in [-0.4, -0.2) is 33.3 Å². The van der Waals surface area contributed by atoms with Crippen LogP contribution in [0.2, 0.25) is 0 Å². The van der Waals surface area contributed by atoms with E-state index in [4.69, 9.17) is 9.79 Å². The summed E-state index contributed by atoms with van der Waals surface area (Å²) in [5.74, 6) is -0.189. The van der Waals surface area contributed by atoms with Gasteiger partial charge in [0, 0.05) is 30.2 Å². The minimum Gasteiger partial charge on any atom is -0.355 e. The summed E-state index contributed by atoms with van der Waals surface area (Å²) < 4.78 is 11.1. The van der Waals surface area contributed by atoms with Gasteiger partial charge in [0.1, 0.15) is 5.82 Å². The van der Waals surface area contributed by atoms with Crippen molar-refractivity contribution >= 4 is 42.4 Å². The van der Waals surface area contributed by atoms with E-state index >= 15 is 0 Å². The molecule has 0 atom stereocenters. The molecule has 0 unspecified atom stereocenters. The molecule has 3 rings (SSSR count). The third-order valence-corrected chi connectivity index (χ3v) is 5.16. The minimum atomic E-state index is -4.18. The Labute approximate surface area is 190 Å². The van der Waals surface area contributed by atoms with Crippen LogP contribution in [-0.2, 0) is 10.7 Å². The number of anilines is 4. The number of nitrogens with zero attached hydrogens (tertiary/aromatic N) is 1. The summed E-state index contributed by atoms with van der Waals surface area (Å²) in [6, 6.07) is 16.6. The van der Waals surface area contributed by atoms with Crippen LogP contribution < -0.4 is 21.3 Å². The van der Waals surface area contributed by atoms with Gasteiger partial charge in [-0.1, -0.05) is 30.3 Å². The Morgan fingerprint density at radius 2 is 1.67 bits per heavy atom.